The van der Waals surface area contributed by atoms with Crippen LogP contribution < -0.4 is 0 Å². The lowest BCUT2D eigenvalue weighted by Gasteiger charge is -2.39. The van der Waals surface area contributed by atoms with Crippen LogP contribution in [0.4, 0.5) is 0 Å². The predicted octanol–water partition coefficient (Wildman–Crippen LogP) is 3.00. The fraction of sp³-hybridized carbons (Fsp3) is 0.929. The van der Waals surface area contributed by atoms with E-state index in [1.54, 1.807) is 0 Å². The molecular formula is C14H27NO2. The molecule has 0 heterocycles. The second-order valence-corrected chi connectivity index (χ2v) is 5.43. The highest BCUT2D eigenvalue weighted by atomic mass is 16.4. The number of carbonyl (C=O) groups is 1. The molecular weight excluding hydrogens is 214 g/mol. The van der Waals surface area contributed by atoms with E-state index in [4.69, 9.17) is 0 Å². The molecule has 3 atom stereocenters. The van der Waals surface area contributed by atoms with Gasteiger partial charge < -0.3 is 10.0 Å². The van der Waals surface area contributed by atoms with Crippen molar-refractivity contribution in [1.82, 2.24) is 4.90 Å². The molecule has 3 unspecified atom stereocenters. The lowest BCUT2D eigenvalue weighted by atomic mass is 9.76. The van der Waals surface area contributed by atoms with Gasteiger partial charge in [-0.25, -0.2) is 0 Å². The van der Waals surface area contributed by atoms with E-state index < -0.39 is 5.97 Å². The Labute approximate surface area is 105 Å². The zero-order valence-electron chi connectivity index (χ0n) is 11.5. The fourth-order valence-electron chi connectivity index (χ4n) is 2.95. The topological polar surface area (TPSA) is 40.5 Å². The van der Waals surface area contributed by atoms with Gasteiger partial charge in [0, 0.05) is 6.04 Å². The van der Waals surface area contributed by atoms with Crippen LogP contribution in [0.5, 0.6) is 0 Å². The molecule has 0 amide bonds. The highest BCUT2D eigenvalue weighted by molar-refractivity contribution is 5.71. The summed E-state index contributed by atoms with van der Waals surface area (Å²) in [5, 5.41) is 9.32. The van der Waals surface area contributed by atoms with Gasteiger partial charge in [-0.15, -0.1) is 0 Å². The average Bonchev–Trinajstić information content (AvgIpc) is 2.34. The van der Waals surface area contributed by atoms with Gasteiger partial charge in [0.2, 0.25) is 0 Å². The van der Waals surface area contributed by atoms with E-state index in [0.717, 1.165) is 38.1 Å². The van der Waals surface area contributed by atoms with E-state index in [-0.39, 0.29) is 12.0 Å². The summed E-state index contributed by atoms with van der Waals surface area (Å²) in [5.41, 5.74) is 0. The molecule has 0 aromatic carbocycles. The van der Waals surface area contributed by atoms with Crippen molar-refractivity contribution in [3.63, 3.8) is 0 Å². The molecule has 1 fully saturated rings. The van der Waals surface area contributed by atoms with Crippen molar-refractivity contribution in [3.05, 3.63) is 0 Å². The lowest BCUT2D eigenvalue weighted by Crippen LogP contribution is -2.45. The van der Waals surface area contributed by atoms with Crippen molar-refractivity contribution < 1.29 is 9.90 Å². The Morgan fingerprint density at radius 1 is 1.35 bits per heavy atom. The van der Waals surface area contributed by atoms with Crippen LogP contribution in [-0.4, -0.2) is 35.6 Å². The van der Waals surface area contributed by atoms with Gasteiger partial charge in [-0.05, 0) is 45.2 Å². The monoisotopic (exact) mass is 241 g/mol. The molecule has 0 aromatic rings. The highest BCUT2D eigenvalue weighted by Crippen LogP contribution is 2.33. The first-order chi connectivity index (χ1) is 8.10. The van der Waals surface area contributed by atoms with Crippen molar-refractivity contribution in [2.75, 3.05) is 13.6 Å². The van der Waals surface area contributed by atoms with Crippen molar-refractivity contribution in [2.24, 2.45) is 11.8 Å². The first kappa shape index (κ1) is 14.5. The summed E-state index contributed by atoms with van der Waals surface area (Å²) in [5.74, 6) is -0.0350. The summed E-state index contributed by atoms with van der Waals surface area (Å²) < 4.78 is 0. The Kier molecular flexibility index (Phi) is 5.96. The number of unbranched alkanes of at least 4 members (excludes halogenated alkanes) is 1. The van der Waals surface area contributed by atoms with Crippen molar-refractivity contribution in [2.45, 2.75) is 58.4 Å². The SMILES string of the molecule is CCCCN(C)C1CC(CC)CCC1C(=O)O. The maximum atomic E-state index is 11.3. The van der Waals surface area contributed by atoms with Gasteiger partial charge in [0.15, 0.2) is 0 Å². The minimum absolute atomic E-state index is 0.153. The number of nitrogens with zero attached hydrogens (tertiary/aromatic N) is 1. The molecule has 3 nitrogen and oxygen atoms in total. The van der Waals surface area contributed by atoms with E-state index in [9.17, 15) is 9.90 Å². The number of rotatable bonds is 6. The van der Waals surface area contributed by atoms with Gasteiger partial charge in [0.25, 0.3) is 0 Å². The number of carboxylic acid groups (broad SMARTS) is 1. The van der Waals surface area contributed by atoms with Crippen LogP contribution in [0, 0.1) is 11.8 Å². The van der Waals surface area contributed by atoms with Crippen molar-refractivity contribution in [3.8, 4) is 0 Å². The van der Waals surface area contributed by atoms with Crippen LogP contribution in [0.1, 0.15) is 52.4 Å². The van der Waals surface area contributed by atoms with Crippen LogP contribution >= 0.6 is 0 Å². The van der Waals surface area contributed by atoms with Gasteiger partial charge in [0.1, 0.15) is 0 Å². The minimum atomic E-state index is -0.604. The molecule has 1 saturated carbocycles. The Bertz CT molecular complexity index is 242. The van der Waals surface area contributed by atoms with Gasteiger partial charge >= 0.3 is 5.97 Å². The quantitative estimate of drug-likeness (QED) is 0.777. The summed E-state index contributed by atoms with van der Waals surface area (Å²) in [7, 11) is 2.09. The van der Waals surface area contributed by atoms with E-state index >= 15 is 0 Å². The zero-order chi connectivity index (χ0) is 12.8. The number of carboxylic acids is 1. The first-order valence-electron chi connectivity index (χ1n) is 7.03. The van der Waals surface area contributed by atoms with E-state index in [1.165, 1.54) is 12.8 Å². The second-order valence-electron chi connectivity index (χ2n) is 5.43. The van der Waals surface area contributed by atoms with Crippen molar-refractivity contribution >= 4 is 5.97 Å². The van der Waals surface area contributed by atoms with E-state index in [2.05, 4.69) is 25.8 Å². The fourth-order valence-corrected chi connectivity index (χ4v) is 2.95. The summed E-state index contributed by atoms with van der Waals surface area (Å²) in [6, 6.07) is 0.248. The second kappa shape index (κ2) is 7.00. The molecule has 1 aliphatic carbocycles. The lowest BCUT2D eigenvalue weighted by molar-refractivity contribution is -0.146. The Balaban J connectivity index is 2.62. The van der Waals surface area contributed by atoms with Crippen LogP contribution in [0.25, 0.3) is 0 Å². The van der Waals surface area contributed by atoms with Crippen molar-refractivity contribution in [1.29, 1.82) is 0 Å². The van der Waals surface area contributed by atoms with Gasteiger partial charge in [0.05, 0.1) is 5.92 Å². The summed E-state index contributed by atoms with van der Waals surface area (Å²) in [6.07, 6.45) is 6.53. The molecule has 100 valence electrons. The van der Waals surface area contributed by atoms with Gasteiger partial charge in [-0.3, -0.25) is 4.79 Å². The third-order valence-corrected chi connectivity index (χ3v) is 4.25. The van der Waals surface area contributed by atoms with Gasteiger partial charge in [-0.2, -0.15) is 0 Å². The zero-order valence-corrected chi connectivity index (χ0v) is 11.5. The van der Waals surface area contributed by atoms with Gasteiger partial charge in [-0.1, -0.05) is 26.7 Å². The first-order valence-corrected chi connectivity index (χ1v) is 7.03. The maximum Gasteiger partial charge on any atom is 0.308 e. The molecule has 1 N–H and O–H groups in total. The molecule has 0 aromatic heterocycles. The third-order valence-electron chi connectivity index (χ3n) is 4.25. The Morgan fingerprint density at radius 3 is 2.59 bits per heavy atom. The molecule has 0 spiro atoms. The third kappa shape index (κ3) is 3.98. The molecule has 3 heteroatoms. The number of aliphatic carboxylic acids is 1. The molecule has 0 radical (unpaired) electrons. The molecule has 1 aliphatic rings. The maximum absolute atomic E-state index is 11.3. The summed E-state index contributed by atoms with van der Waals surface area (Å²) in [6.45, 7) is 5.43. The molecule has 0 bridgehead atoms. The Morgan fingerprint density at radius 2 is 2.06 bits per heavy atom. The van der Waals surface area contributed by atoms with Crippen LogP contribution in [0.2, 0.25) is 0 Å². The summed E-state index contributed by atoms with van der Waals surface area (Å²) >= 11 is 0. The normalized spacial score (nSPS) is 29.5. The van der Waals surface area contributed by atoms with E-state index in [1.807, 2.05) is 0 Å². The Hall–Kier alpha value is -0.570. The molecule has 1 rings (SSSR count). The predicted molar refractivity (Wildman–Crippen MR) is 70.1 cm³/mol. The standard InChI is InChI=1S/C14H27NO2/c1-4-6-9-15(3)13-10-11(5-2)7-8-12(13)14(16)17/h11-13H,4-10H2,1-3H3,(H,16,17). The van der Waals surface area contributed by atoms with Crippen LogP contribution in [0.3, 0.4) is 0 Å². The smallest absolute Gasteiger partial charge is 0.308 e. The molecule has 0 aliphatic heterocycles. The number of hydrogen-bond donors (Lipinski definition) is 1. The molecule has 0 saturated heterocycles. The van der Waals surface area contributed by atoms with Crippen LogP contribution in [-0.2, 0) is 4.79 Å². The minimum Gasteiger partial charge on any atom is -0.481 e. The largest absolute Gasteiger partial charge is 0.481 e. The van der Waals surface area contributed by atoms with E-state index in [0.29, 0.717) is 0 Å². The molecule has 17 heavy (non-hydrogen) atoms. The number of hydrogen-bond acceptors (Lipinski definition) is 2. The van der Waals surface area contributed by atoms with Crippen LogP contribution in [0.15, 0.2) is 0 Å². The average molecular weight is 241 g/mol. The highest BCUT2D eigenvalue weighted by Gasteiger charge is 2.36. The summed E-state index contributed by atoms with van der Waals surface area (Å²) in [4.78, 5) is 13.6.